The lowest BCUT2D eigenvalue weighted by atomic mass is 9.95. The quantitative estimate of drug-likeness (QED) is 0.363. The monoisotopic (exact) mass is 424 g/mol. The molecule has 0 atom stereocenters. The van der Waals surface area contributed by atoms with Crippen molar-refractivity contribution in [2.24, 2.45) is 0 Å². The summed E-state index contributed by atoms with van der Waals surface area (Å²) in [5.74, 6) is 0. The molecule has 3 heterocycles. The summed E-state index contributed by atoms with van der Waals surface area (Å²) in [6.07, 6.45) is 0. The molecule has 6 nitrogen and oxygen atoms in total. The Hall–Kier alpha value is -4.10. The first-order chi connectivity index (χ1) is 15.0. The van der Waals surface area contributed by atoms with Crippen molar-refractivity contribution in [3.63, 3.8) is 0 Å². The molecule has 7 aromatic rings. The van der Waals surface area contributed by atoms with Crippen LogP contribution >= 0.6 is 11.3 Å². The molecule has 146 valence electrons. The van der Waals surface area contributed by atoms with Crippen LogP contribution in [-0.4, -0.2) is 0 Å². The van der Waals surface area contributed by atoms with Gasteiger partial charge in [-0.15, -0.1) is 11.3 Å². The first-order valence-corrected chi connectivity index (χ1v) is 10.3. The lowest BCUT2D eigenvalue weighted by Crippen LogP contribution is -2.12. The van der Waals surface area contributed by atoms with Crippen molar-refractivity contribution in [2.75, 3.05) is 0 Å². The first-order valence-electron chi connectivity index (χ1n) is 9.43. The second-order valence-electron chi connectivity index (χ2n) is 7.50. The van der Waals surface area contributed by atoms with Crippen LogP contribution < -0.4 is 22.5 Å². The third-order valence-electron chi connectivity index (χ3n) is 6.01. The fourth-order valence-electron chi connectivity index (χ4n) is 4.73. The van der Waals surface area contributed by atoms with Crippen LogP contribution in [0, 0.1) is 0 Å². The van der Waals surface area contributed by atoms with Crippen LogP contribution in [-0.2, 0) is 0 Å². The van der Waals surface area contributed by atoms with E-state index >= 15 is 0 Å². The topological polar surface area (TPSA) is 94.6 Å². The molecule has 0 saturated carbocycles. The van der Waals surface area contributed by atoms with Crippen molar-refractivity contribution in [1.82, 2.24) is 0 Å². The summed E-state index contributed by atoms with van der Waals surface area (Å²) in [7, 11) is 0. The van der Waals surface area contributed by atoms with E-state index in [1.54, 1.807) is 24.3 Å². The molecule has 0 spiro atoms. The normalized spacial score (nSPS) is 12.4. The molecule has 7 heteroatoms. The van der Waals surface area contributed by atoms with Crippen LogP contribution in [0.1, 0.15) is 0 Å². The zero-order valence-electron chi connectivity index (χ0n) is 15.5. The number of rotatable bonds is 0. The Kier molecular flexibility index (Phi) is 2.87. The Balaban J connectivity index is 1.94. The third-order valence-corrected chi connectivity index (χ3v) is 7.13. The maximum Gasteiger partial charge on any atom is 0.346 e. The summed E-state index contributed by atoms with van der Waals surface area (Å²) >= 11 is 1.47. The van der Waals surface area contributed by atoms with E-state index in [2.05, 4.69) is 0 Å². The lowest BCUT2D eigenvalue weighted by molar-refractivity contribution is 0.488. The second kappa shape index (κ2) is 5.33. The van der Waals surface area contributed by atoms with Gasteiger partial charge in [0.15, 0.2) is 0 Å². The fourth-order valence-corrected chi connectivity index (χ4v) is 5.87. The molecule has 7 rings (SSSR count). The second-order valence-corrected chi connectivity index (χ2v) is 8.58. The molecular weight excluding hydrogens is 416 g/mol. The van der Waals surface area contributed by atoms with Gasteiger partial charge < -0.3 is 8.83 Å². The molecule has 3 aromatic heterocycles. The van der Waals surface area contributed by atoms with Gasteiger partial charge in [-0.25, -0.2) is 19.2 Å². The molecule has 0 unspecified atom stereocenters. The van der Waals surface area contributed by atoms with Crippen LogP contribution in [0.4, 0.5) is 0 Å². The Labute approximate surface area is 173 Å². The Morgan fingerprint density at radius 2 is 0.742 bits per heavy atom. The molecule has 0 N–H and O–H groups in total. The molecule has 4 aromatic carbocycles. The van der Waals surface area contributed by atoms with Gasteiger partial charge in [-0.1, -0.05) is 12.1 Å². The molecule has 0 fully saturated rings. The molecular formula is C24H8O6S. The van der Waals surface area contributed by atoms with E-state index in [9.17, 15) is 19.2 Å². The number of hydrogen-bond acceptors (Lipinski definition) is 7. The Bertz CT molecular complexity index is 1920. The summed E-state index contributed by atoms with van der Waals surface area (Å²) < 4.78 is 11.5. The van der Waals surface area contributed by atoms with E-state index in [1.807, 2.05) is 24.3 Å². The van der Waals surface area contributed by atoms with Crippen LogP contribution in [0.2, 0.25) is 0 Å². The highest BCUT2D eigenvalue weighted by molar-refractivity contribution is 7.24. The molecule has 31 heavy (non-hydrogen) atoms. The third kappa shape index (κ3) is 1.91. The van der Waals surface area contributed by atoms with E-state index in [4.69, 9.17) is 8.83 Å². The predicted molar refractivity (Wildman–Crippen MR) is 121 cm³/mol. The highest BCUT2D eigenvalue weighted by Gasteiger charge is 2.19. The van der Waals surface area contributed by atoms with Crippen molar-refractivity contribution >= 4 is 74.6 Å². The summed E-state index contributed by atoms with van der Waals surface area (Å²) in [6.45, 7) is 0. The Morgan fingerprint density at radius 1 is 0.419 bits per heavy atom. The van der Waals surface area contributed by atoms with E-state index in [0.717, 1.165) is 30.9 Å². The minimum Gasteiger partial charge on any atom is -0.386 e. The van der Waals surface area contributed by atoms with E-state index in [-0.39, 0.29) is 0 Å². The number of fused-ring (bicyclic) bond motifs is 1. The zero-order valence-corrected chi connectivity index (χ0v) is 16.3. The van der Waals surface area contributed by atoms with Crippen molar-refractivity contribution < 1.29 is 8.83 Å². The average molecular weight is 424 g/mol. The minimum atomic E-state index is -0.668. The summed E-state index contributed by atoms with van der Waals surface area (Å²) in [6, 6.07) is 14.0. The van der Waals surface area contributed by atoms with Gasteiger partial charge in [0.1, 0.15) is 0 Å². The van der Waals surface area contributed by atoms with Crippen LogP contribution in [0.3, 0.4) is 0 Å². The average Bonchev–Trinajstić information content (AvgIpc) is 2.90. The van der Waals surface area contributed by atoms with Crippen LogP contribution in [0.15, 0.2) is 76.5 Å². The standard InChI is InChI=1S/C24H8O6S/c25-21-11-3-1-9-10-2-4-12-18-14(24(28)30-22(12)26)6-8-16(20(10)18)31-15-7-5-13(23(27)29-21)17(11)19(9)15/h1-8H. The molecule has 0 saturated heterocycles. The molecule has 0 radical (unpaired) electrons. The highest BCUT2D eigenvalue weighted by atomic mass is 32.1. The van der Waals surface area contributed by atoms with Gasteiger partial charge in [-0.2, -0.15) is 0 Å². The highest BCUT2D eigenvalue weighted by Crippen LogP contribution is 2.42. The fraction of sp³-hybridized carbons (Fsp3) is 0. The summed E-state index contributed by atoms with van der Waals surface area (Å²) in [5, 5.41) is 5.70. The number of hydrogen-bond donors (Lipinski definition) is 0. The summed E-state index contributed by atoms with van der Waals surface area (Å²) in [5.41, 5.74) is -2.67. The van der Waals surface area contributed by atoms with Crippen LogP contribution in [0.25, 0.3) is 63.3 Å². The maximum absolute atomic E-state index is 12.4. The van der Waals surface area contributed by atoms with Gasteiger partial charge in [0, 0.05) is 30.9 Å². The predicted octanol–water partition coefficient (Wildman–Crippen LogP) is 4.17. The van der Waals surface area contributed by atoms with Crippen LogP contribution in [0.5, 0.6) is 0 Å². The molecule has 0 amide bonds. The smallest absolute Gasteiger partial charge is 0.346 e. The first kappa shape index (κ1) is 16.7. The van der Waals surface area contributed by atoms with E-state index in [1.165, 1.54) is 11.3 Å². The van der Waals surface area contributed by atoms with Crippen molar-refractivity contribution in [3.05, 3.63) is 90.2 Å². The van der Waals surface area contributed by atoms with Gasteiger partial charge in [-0.05, 0) is 47.2 Å². The van der Waals surface area contributed by atoms with Crippen molar-refractivity contribution in [2.45, 2.75) is 0 Å². The Morgan fingerprint density at radius 3 is 1.13 bits per heavy atom. The van der Waals surface area contributed by atoms with Gasteiger partial charge in [0.2, 0.25) is 0 Å². The molecule has 0 bridgehead atoms. The largest absolute Gasteiger partial charge is 0.386 e. The molecule has 0 aliphatic carbocycles. The minimum absolute atomic E-state index is 0.343. The van der Waals surface area contributed by atoms with Gasteiger partial charge in [0.05, 0.1) is 21.5 Å². The van der Waals surface area contributed by atoms with Gasteiger partial charge in [-0.3, -0.25) is 0 Å². The zero-order chi connectivity index (χ0) is 21.0. The SMILES string of the molecule is O=c1oc(=O)c2ccc3c4ccc5c(=O)oc(=O)c6ccc(sc7ccc1c2c73)c4c65. The van der Waals surface area contributed by atoms with E-state index in [0.29, 0.717) is 32.3 Å². The maximum atomic E-state index is 12.4. The van der Waals surface area contributed by atoms with E-state index < -0.39 is 22.5 Å². The molecule has 0 aliphatic rings. The summed E-state index contributed by atoms with van der Waals surface area (Å²) in [4.78, 5) is 49.5. The van der Waals surface area contributed by atoms with Gasteiger partial charge >= 0.3 is 22.5 Å². The lowest BCUT2D eigenvalue weighted by Gasteiger charge is -2.08. The van der Waals surface area contributed by atoms with Crippen molar-refractivity contribution in [3.8, 4) is 0 Å². The molecule has 0 aliphatic heterocycles. The number of benzene rings is 4. The van der Waals surface area contributed by atoms with Crippen molar-refractivity contribution in [1.29, 1.82) is 0 Å². The van der Waals surface area contributed by atoms with Gasteiger partial charge in [0.25, 0.3) is 0 Å².